The van der Waals surface area contributed by atoms with Crippen molar-refractivity contribution in [1.29, 1.82) is 0 Å². The third-order valence-corrected chi connectivity index (χ3v) is 4.46. The summed E-state index contributed by atoms with van der Waals surface area (Å²) in [5.74, 6) is -0.680. The summed E-state index contributed by atoms with van der Waals surface area (Å²) in [4.78, 5) is 36.1. The SMILES string of the molecule is CCC(C(=O)OC)c1cc(OC(=O)OC)cc(OC(=O)OC)c1-c1cccc(OC)c1. The van der Waals surface area contributed by atoms with E-state index < -0.39 is 24.2 Å². The number of hydrogen-bond acceptors (Lipinski definition) is 9. The van der Waals surface area contributed by atoms with Gasteiger partial charge < -0.3 is 28.4 Å². The van der Waals surface area contributed by atoms with Crippen LogP contribution in [0.25, 0.3) is 11.1 Å². The first-order valence-corrected chi connectivity index (χ1v) is 9.30. The number of rotatable bonds is 7. The van der Waals surface area contributed by atoms with Crippen molar-refractivity contribution in [3.63, 3.8) is 0 Å². The van der Waals surface area contributed by atoms with E-state index in [-0.39, 0.29) is 11.5 Å². The quantitative estimate of drug-likeness (QED) is 0.359. The monoisotopic (exact) mass is 432 g/mol. The number of methoxy groups -OCH3 is 4. The molecule has 1 unspecified atom stereocenters. The van der Waals surface area contributed by atoms with Crippen LogP contribution in [0.1, 0.15) is 24.8 Å². The zero-order valence-corrected chi connectivity index (χ0v) is 17.9. The van der Waals surface area contributed by atoms with Gasteiger partial charge in [-0.05, 0) is 35.7 Å². The van der Waals surface area contributed by atoms with Crippen molar-refractivity contribution in [3.05, 3.63) is 42.0 Å². The van der Waals surface area contributed by atoms with E-state index in [0.29, 0.717) is 28.9 Å². The molecule has 0 aliphatic rings. The molecule has 1 atom stereocenters. The smallest absolute Gasteiger partial charge is 0.497 e. The standard InChI is InChI=1S/C22H24O9/c1-6-16(20(23)27-3)17-11-15(30-21(24)28-4)12-18(31-22(25)29-5)19(17)13-8-7-9-14(10-13)26-2/h7-12,16H,6H2,1-5H3. The molecular weight excluding hydrogens is 408 g/mol. The summed E-state index contributed by atoms with van der Waals surface area (Å²) in [5.41, 5.74) is 1.43. The average molecular weight is 432 g/mol. The lowest BCUT2D eigenvalue weighted by molar-refractivity contribution is -0.142. The number of hydrogen-bond donors (Lipinski definition) is 0. The van der Waals surface area contributed by atoms with Gasteiger partial charge in [0, 0.05) is 11.6 Å². The molecule has 2 aromatic carbocycles. The van der Waals surface area contributed by atoms with Crippen molar-refractivity contribution < 1.29 is 42.8 Å². The highest BCUT2D eigenvalue weighted by molar-refractivity contribution is 5.87. The summed E-state index contributed by atoms with van der Waals surface area (Å²) >= 11 is 0. The van der Waals surface area contributed by atoms with E-state index in [1.165, 1.54) is 26.4 Å². The lowest BCUT2D eigenvalue weighted by Crippen LogP contribution is -2.17. The highest BCUT2D eigenvalue weighted by Gasteiger charge is 2.28. The zero-order chi connectivity index (χ0) is 23.0. The number of carbonyl (C=O) groups excluding carboxylic acids is 3. The van der Waals surface area contributed by atoms with E-state index >= 15 is 0 Å². The first-order chi connectivity index (χ1) is 14.9. The molecule has 0 saturated carbocycles. The van der Waals surface area contributed by atoms with Crippen LogP contribution in [-0.2, 0) is 19.0 Å². The fourth-order valence-corrected chi connectivity index (χ4v) is 3.04. The zero-order valence-electron chi connectivity index (χ0n) is 17.9. The molecule has 0 aromatic heterocycles. The van der Waals surface area contributed by atoms with Crippen LogP contribution in [-0.4, -0.2) is 46.7 Å². The van der Waals surface area contributed by atoms with Gasteiger partial charge in [0.2, 0.25) is 0 Å². The molecule has 0 aliphatic heterocycles. The van der Waals surface area contributed by atoms with Crippen LogP contribution < -0.4 is 14.2 Å². The Balaban J connectivity index is 2.83. The second-order valence-corrected chi connectivity index (χ2v) is 6.21. The van der Waals surface area contributed by atoms with Gasteiger partial charge in [-0.2, -0.15) is 0 Å². The molecule has 2 aromatic rings. The molecule has 0 spiro atoms. The van der Waals surface area contributed by atoms with Gasteiger partial charge in [0.25, 0.3) is 0 Å². The van der Waals surface area contributed by atoms with Gasteiger partial charge in [0.05, 0.1) is 34.4 Å². The van der Waals surface area contributed by atoms with Gasteiger partial charge in [-0.15, -0.1) is 0 Å². The Morgan fingerprint density at radius 3 is 2.10 bits per heavy atom. The molecule has 31 heavy (non-hydrogen) atoms. The van der Waals surface area contributed by atoms with Gasteiger partial charge >= 0.3 is 18.3 Å². The molecule has 9 nitrogen and oxygen atoms in total. The van der Waals surface area contributed by atoms with E-state index in [1.54, 1.807) is 31.2 Å². The second-order valence-electron chi connectivity index (χ2n) is 6.21. The second kappa shape index (κ2) is 10.9. The minimum Gasteiger partial charge on any atom is -0.497 e. The van der Waals surface area contributed by atoms with Gasteiger partial charge in [-0.3, -0.25) is 4.79 Å². The highest BCUT2D eigenvalue weighted by Crippen LogP contribution is 2.43. The van der Waals surface area contributed by atoms with Crippen LogP contribution in [0.2, 0.25) is 0 Å². The summed E-state index contributed by atoms with van der Waals surface area (Å²) in [6.45, 7) is 1.80. The van der Waals surface area contributed by atoms with Crippen molar-refractivity contribution in [2.24, 2.45) is 0 Å². The minimum absolute atomic E-state index is 0.00903. The van der Waals surface area contributed by atoms with Crippen LogP contribution >= 0.6 is 0 Å². The molecule has 0 amide bonds. The van der Waals surface area contributed by atoms with E-state index in [0.717, 1.165) is 14.2 Å². The molecule has 0 aliphatic carbocycles. The number of carbonyl (C=O) groups is 3. The Kier molecular flexibility index (Phi) is 8.25. The van der Waals surface area contributed by atoms with Crippen LogP contribution in [0.5, 0.6) is 17.2 Å². The maximum absolute atomic E-state index is 12.5. The van der Waals surface area contributed by atoms with Crippen LogP contribution in [0.3, 0.4) is 0 Å². The molecule has 166 valence electrons. The molecule has 0 radical (unpaired) electrons. The molecule has 2 rings (SSSR count). The Bertz CT molecular complexity index is 952. The number of ether oxygens (including phenoxy) is 6. The number of benzene rings is 2. The largest absolute Gasteiger partial charge is 0.513 e. The normalized spacial score (nSPS) is 11.1. The molecule has 9 heteroatoms. The Morgan fingerprint density at radius 1 is 0.839 bits per heavy atom. The maximum atomic E-state index is 12.5. The molecule has 0 bridgehead atoms. The fraction of sp³-hybridized carbons (Fsp3) is 0.318. The van der Waals surface area contributed by atoms with Crippen molar-refractivity contribution >= 4 is 18.3 Å². The predicted octanol–water partition coefficient (Wildman–Crippen LogP) is 4.32. The van der Waals surface area contributed by atoms with Crippen LogP contribution in [0, 0.1) is 0 Å². The average Bonchev–Trinajstić information content (AvgIpc) is 2.79. The van der Waals surface area contributed by atoms with E-state index in [1.807, 2.05) is 0 Å². The highest BCUT2D eigenvalue weighted by atomic mass is 16.7. The molecule has 0 saturated heterocycles. The predicted molar refractivity (Wildman–Crippen MR) is 110 cm³/mol. The Morgan fingerprint density at radius 2 is 1.52 bits per heavy atom. The molecular formula is C22H24O9. The van der Waals surface area contributed by atoms with Crippen molar-refractivity contribution in [1.82, 2.24) is 0 Å². The summed E-state index contributed by atoms with van der Waals surface area (Å²) < 4.78 is 29.9. The summed E-state index contributed by atoms with van der Waals surface area (Å²) in [5, 5.41) is 0. The molecule has 0 N–H and O–H groups in total. The summed E-state index contributed by atoms with van der Waals surface area (Å²) in [7, 11) is 5.11. The van der Waals surface area contributed by atoms with Gasteiger partial charge in [-0.1, -0.05) is 19.1 Å². The van der Waals surface area contributed by atoms with Gasteiger partial charge in [0.15, 0.2) is 0 Å². The van der Waals surface area contributed by atoms with Gasteiger partial charge in [0.1, 0.15) is 17.2 Å². The Labute approximate surface area is 179 Å². The topological polar surface area (TPSA) is 107 Å². The molecule has 0 heterocycles. The first kappa shape index (κ1) is 23.5. The lowest BCUT2D eigenvalue weighted by atomic mass is 9.88. The van der Waals surface area contributed by atoms with E-state index in [2.05, 4.69) is 9.47 Å². The van der Waals surface area contributed by atoms with E-state index in [9.17, 15) is 14.4 Å². The first-order valence-electron chi connectivity index (χ1n) is 9.30. The Hall–Kier alpha value is -3.75. The van der Waals surface area contributed by atoms with Gasteiger partial charge in [-0.25, -0.2) is 9.59 Å². The third-order valence-electron chi connectivity index (χ3n) is 4.46. The third kappa shape index (κ3) is 5.65. The maximum Gasteiger partial charge on any atom is 0.513 e. The summed E-state index contributed by atoms with van der Waals surface area (Å²) in [6.07, 6.45) is -1.60. The fourth-order valence-electron chi connectivity index (χ4n) is 3.04. The van der Waals surface area contributed by atoms with E-state index in [4.69, 9.17) is 18.9 Å². The van der Waals surface area contributed by atoms with Crippen molar-refractivity contribution in [2.45, 2.75) is 19.3 Å². The van der Waals surface area contributed by atoms with Crippen molar-refractivity contribution in [3.8, 4) is 28.4 Å². The van der Waals surface area contributed by atoms with Crippen LogP contribution in [0.15, 0.2) is 36.4 Å². The lowest BCUT2D eigenvalue weighted by Gasteiger charge is -2.21. The molecule has 0 fully saturated rings. The summed E-state index contributed by atoms with van der Waals surface area (Å²) in [6, 6.07) is 9.80. The van der Waals surface area contributed by atoms with Crippen LogP contribution in [0.4, 0.5) is 9.59 Å². The number of esters is 1. The van der Waals surface area contributed by atoms with Crippen molar-refractivity contribution in [2.75, 3.05) is 28.4 Å². The minimum atomic E-state index is -0.989.